The summed E-state index contributed by atoms with van der Waals surface area (Å²) in [5.41, 5.74) is 0.200. The first-order valence-corrected chi connectivity index (χ1v) is 8.57. The zero-order valence-electron chi connectivity index (χ0n) is 11.8. The van der Waals surface area contributed by atoms with Gasteiger partial charge in [0, 0.05) is 24.3 Å². The highest BCUT2D eigenvalue weighted by Gasteiger charge is 2.40. The largest absolute Gasteiger partial charge is 0.355 e. The molecule has 0 aromatic carbocycles. The smallest absolute Gasteiger partial charge is 0.220 e. The second-order valence-corrected chi connectivity index (χ2v) is 7.52. The highest BCUT2D eigenvalue weighted by atomic mass is 35.5. The van der Waals surface area contributed by atoms with Crippen molar-refractivity contribution in [3.8, 4) is 0 Å². The van der Waals surface area contributed by atoms with Gasteiger partial charge in [0.2, 0.25) is 5.91 Å². The zero-order chi connectivity index (χ0) is 13.3. The molecule has 3 aliphatic carbocycles. The van der Waals surface area contributed by atoms with E-state index >= 15 is 0 Å². The molecular weight excluding hydrogens is 258 g/mol. The van der Waals surface area contributed by atoms with Crippen molar-refractivity contribution in [3.05, 3.63) is 0 Å². The van der Waals surface area contributed by atoms with Gasteiger partial charge in [-0.05, 0) is 49.9 Å². The lowest BCUT2D eigenvalue weighted by molar-refractivity contribution is -0.122. The van der Waals surface area contributed by atoms with Gasteiger partial charge in [-0.2, -0.15) is 0 Å². The van der Waals surface area contributed by atoms with Crippen molar-refractivity contribution in [2.75, 3.05) is 12.4 Å². The second-order valence-electron chi connectivity index (χ2n) is 7.26. The van der Waals surface area contributed by atoms with E-state index in [4.69, 9.17) is 11.6 Å². The third-order valence-electron chi connectivity index (χ3n) is 5.94. The Balaban J connectivity index is 1.44. The van der Waals surface area contributed by atoms with Crippen molar-refractivity contribution in [2.24, 2.45) is 23.2 Å². The number of halogens is 1. The van der Waals surface area contributed by atoms with Crippen LogP contribution < -0.4 is 5.32 Å². The topological polar surface area (TPSA) is 29.1 Å². The molecular formula is C16H26ClNO. The van der Waals surface area contributed by atoms with Gasteiger partial charge >= 0.3 is 0 Å². The molecule has 0 radical (unpaired) electrons. The molecule has 3 fully saturated rings. The number of fused-ring (bicyclic) bond motifs is 2. The summed E-state index contributed by atoms with van der Waals surface area (Å²) in [5.74, 6) is 3.43. The number of carbonyl (C=O) groups excluding carboxylic acids is 1. The van der Waals surface area contributed by atoms with E-state index in [-0.39, 0.29) is 11.3 Å². The van der Waals surface area contributed by atoms with Crippen molar-refractivity contribution in [3.63, 3.8) is 0 Å². The van der Waals surface area contributed by atoms with E-state index in [1.165, 1.54) is 51.4 Å². The molecule has 0 aliphatic heterocycles. The molecule has 1 amide bonds. The second kappa shape index (κ2) is 5.63. The third kappa shape index (κ3) is 2.94. The van der Waals surface area contributed by atoms with Crippen LogP contribution >= 0.6 is 11.6 Å². The van der Waals surface area contributed by atoms with E-state index in [2.05, 4.69) is 5.32 Å². The fourth-order valence-electron chi connectivity index (χ4n) is 4.71. The number of hydrogen-bond acceptors (Lipinski definition) is 1. The molecule has 3 heteroatoms. The summed E-state index contributed by atoms with van der Waals surface area (Å²) >= 11 is 6.12. The van der Waals surface area contributed by atoms with Crippen molar-refractivity contribution in [1.29, 1.82) is 0 Å². The summed E-state index contributed by atoms with van der Waals surface area (Å²) in [6, 6.07) is 0. The van der Waals surface area contributed by atoms with E-state index < -0.39 is 0 Å². The van der Waals surface area contributed by atoms with Crippen LogP contribution in [0.5, 0.6) is 0 Å². The van der Waals surface area contributed by atoms with Crippen LogP contribution in [0.25, 0.3) is 0 Å². The number of amides is 1. The van der Waals surface area contributed by atoms with Gasteiger partial charge in [-0.1, -0.05) is 19.3 Å². The van der Waals surface area contributed by atoms with Crippen LogP contribution in [-0.4, -0.2) is 18.3 Å². The van der Waals surface area contributed by atoms with Crippen molar-refractivity contribution >= 4 is 17.5 Å². The summed E-state index contributed by atoms with van der Waals surface area (Å²) in [4.78, 5) is 12.1. The average Bonchev–Trinajstić information content (AvgIpc) is 3.13. The Morgan fingerprint density at radius 2 is 2.00 bits per heavy atom. The number of alkyl halides is 1. The zero-order valence-corrected chi connectivity index (χ0v) is 12.6. The van der Waals surface area contributed by atoms with Gasteiger partial charge in [-0.15, -0.1) is 11.6 Å². The molecule has 19 heavy (non-hydrogen) atoms. The first kappa shape index (κ1) is 13.7. The first-order chi connectivity index (χ1) is 9.21. The van der Waals surface area contributed by atoms with E-state index in [9.17, 15) is 4.79 Å². The van der Waals surface area contributed by atoms with Gasteiger partial charge in [-0.3, -0.25) is 4.79 Å². The first-order valence-electron chi connectivity index (χ1n) is 8.03. The third-order valence-corrected chi connectivity index (χ3v) is 6.51. The van der Waals surface area contributed by atoms with Crippen LogP contribution in [0.1, 0.15) is 57.8 Å². The fraction of sp³-hybridized carbons (Fsp3) is 0.938. The molecule has 0 aromatic rings. The molecule has 3 rings (SSSR count). The molecule has 2 nitrogen and oxygen atoms in total. The van der Waals surface area contributed by atoms with Crippen molar-refractivity contribution < 1.29 is 4.79 Å². The lowest BCUT2D eigenvalue weighted by Crippen LogP contribution is -2.38. The maximum Gasteiger partial charge on any atom is 0.220 e. The van der Waals surface area contributed by atoms with E-state index in [0.29, 0.717) is 11.8 Å². The number of carbonyl (C=O) groups is 1. The number of rotatable bonds is 5. The minimum atomic E-state index is 0.200. The maximum absolute atomic E-state index is 12.1. The van der Waals surface area contributed by atoms with Crippen LogP contribution in [-0.2, 0) is 4.79 Å². The highest BCUT2D eigenvalue weighted by molar-refractivity contribution is 6.18. The van der Waals surface area contributed by atoms with Crippen LogP contribution in [0.4, 0.5) is 0 Å². The lowest BCUT2D eigenvalue weighted by atomic mass is 9.85. The monoisotopic (exact) mass is 283 g/mol. The molecule has 3 atom stereocenters. The predicted octanol–water partition coefficient (Wildman–Crippen LogP) is 3.73. The number of hydrogen-bond donors (Lipinski definition) is 1. The molecule has 0 heterocycles. The fourth-order valence-corrected chi connectivity index (χ4v) is 5.07. The van der Waals surface area contributed by atoms with Crippen LogP contribution in [0.15, 0.2) is 0 Å². The summed E-state index contributed by atoms with van der Waals surface area (Å²) < 4.78 is 0. The molecule has 2 bridgehead atoms. The van der Waals surface area contributed by atoms with Gasteiger partial charge < -0.3 is 5.32 Å². The molecule has 3 aliphatic rings. The van der Waals surface area contributed by atoms with Crippen LogP contribution in [0.2, 0.25) is 0 Å². The average molecular weight is 284 g/mol. The van der Waals surface area contributed by atoms with E-state index in [0.717, 1.165) is 24.8 Å². The Morgan fingerprint density at radius 1 is 1.21 bits per heavy atom. The van der Waals surface area contributed by atoms with Crippen molar-refractivity contribution in [1.82, 2.24) is 5.32 Å². The Hall–Kier alpha value is -0.240. The summed E-state index contributed by atoms with van der Waals surface area (Å²) in [7, 11) is 0. The molecule has 3 saturated carbocycles. The van der Waals surface area contributed by atoms with Gasteiger partial charge in [-0.25, -0.2) is 0 Å². The molecule has 1 N–H and O–H groups in total. The summed E-state index contributed by atoms with van der Waals surface area (Å²) in [6.45, 7) is 0.802. The van der Waals surface area contributed by atoms with Crippen molar-refractivity contribution in [2.45, 2.75) is 57.8 Å². The van der Waals surface area contributed by atoms with Gasteiger partial charge in [0.25, 0.3) is 0 Å². The molecule has 0 spiro atoms. The maximum atomic E-state index is 12.1. The van der Waals surface area contributed by atoms with Gasteiger partial charge in [0.05, 0.1) is 0 Å². The SMILES string of the molecule is O=C(CC1CC2CCC1C2)NCC1(CCl)CCCC1. The Bertz CT molecular complexity index is 338. The molecule has 0 aromatic heterocycles. The van der Waals surface area contributed by atoms with E-state index in [1.54, 1.807) is 0 Å². The predicted molar refractivity (Wildman–Crippen MR) is 78.2 cm³/mol. The highest BCUT2D eigenvalue weighted by Crippen LogP contribution is 2.49. The van der Waals surface area contributed by atoms with Crippen LogP contribution in [0.3, 0.4) is 0 Å². The standard InChI is InChI=1S/C16H26ClNO/c17-10-16(5-1-2-6-16)11-18-15(19)9-14-8-12-3-4-13(14)7-12/h12-14H,1-11H2,(H,18,19). The quantitative estimate of drug-likeness (QED) is 0.766. The lowest BCUT2D eigenvalue weighted by Gasteiger charge is -2.27. The Kier molecular flexibility index (Phi) is 4.07. The molecule has 3 unspecified atom stereocenters. The normalized spacial score (nSPS) is 35.7. The molecule has 0 saturated heterocycles. The van der Waals surface area contributed by atoms with Gasteiger partial charge in [0.1, 0.15) is 0 Å². The molecule has 108 valence electrons. The minimum absolute atomic E-state index is 0.200. The van der Waals surface area contributed by atoms with Gasteiger partial charge in [0.15, 0.2) is 0 Å². The van der Waals surface area contributed by atoms with E-state index in [1.807, 2.05) is 0 Å². The Labute approximate surface area is 121 Å². The minimum Gasteiger partial charge on any atom is -0.355 e. The summed E-state index contributed by atoms with van der Waals surface area (Å²) in [5, 5.41) is 3.18. The van der Waals surface area contributed by atoms with Crippen LogP contribution in [0, 0.1) is 23.2 Å². The summed E-state index contributed by atoms with van der Waals surface area (Å²) in [6.07, 6.45) is 11.2. The number of nitrogens with one attached hydrogen (secondary N) is 1. The Morgan fingerprint density at radius 3 is 2.58 bits per heavy atom.